The predicted molar refractivity (Wildman–Crippen MR) is 71.1 cm³/mol. The number of hydrogen-bond acceptors (Lipinski definition) is 4. The van der Waals surface area contributed by atoms with Gasteiger partial charge in [-0.05, 0) is 38.8 Å². The fourth-order valence-corrected chi connectivity index (χ4v) is 3.53. The highest BCUT2D eigenvalue weighted by molar-refractivity contribution is 5.67. The number of amides is 1. The molecule has 0 aromatic heterocycles. The highest BCUT2D eigenvalue weighted by Crippen LogP contribution is 2.35. The number of alkyl carbamates (subject to hydrolysis) is 1. The molecule has 3 rings (SSSR count). The van der Waals surface area contributed by atoms with Gasteiger partial charge >= 0.3 is 6.09 Å². The third kappa shape index (κ3) is 3.20. The number of rotatable bonds is 2. The van der Waals surface area contributed by atoms with Gasteiger partial charge in [-0.2, -0.15) is 0 Å². The van der Waals surface area contributed by atoms with Gasteiger partial charge in [0.25, 0.3) is 0 Å². The second-order valence-corrected chi connectivity index (χ2v) is 6.10. The lowest BCUT2D eigenvalue weighted by molar-refractivity contribution is -0.0213. The van der Waals surface area contributed by atoms with Crippen LogP contribution in [0.1, 0.15) is 44.9 Å². The Kier molecular flexibility index (Phi) is 3.93. The van der Waals surface area contributed by atoms with Crippen molar-refractivity contribution in [1.82, 2.24) is 10.6 Å². The average Bonchev–Trinajstić information content (AvgIpc) is 3.02. The lowest BCUT2D eigenvalue weighted by atomic mass is 9.89. The van der Waals surface area contributed by atoms with Gasteiger partial charge in [0.1, 0.15) is 6.10 Å². The molecule has 0 bridgehead atoms. The first-order valence-corrected chi connectivity index (χ1v) is 7.58. The SMILES string of the molecule is O=C(NC1CCCC1)OC1COC2(CCNCC2)C1. The first kappa shape index (κ1) is 13.2. The van der Waals surface area contributed by atoms with Crippen molar-refractivity contribution in [3.8, 4) is 0 Å². The van der Waals surface area contributed by atoms with E-state index in [0.717, 1.165) is 45.2 Å². The highest BCUT2D eigenvalue weighted by atomic mass is 16.6. The van der Waals surface area contributed by atoms with Crippen molar-refractivity contribution in [2.45, 2.75) is 62.7 Å². The quantitative estimate of drug-likeness (QED) is 0.798. The summed E-state index contributed by atoms with van der Waals surface area (Å²) in [7, 11) is 0. The molecule has 1 aliphatic carbocycles. The minimum Gasteiger partial charge on any atom is -0.444 e. The molecule has 3 fully saturated rings. The summed E-state index contributed by atoms with van der Waals surface area (Å²) in [5.41, 5.74) is -0.0381. The molecule has 0 aromatic rings. The third-order valence-corrected chi connectivity index (χ3v) is 4.64. The van der Waals surface area contributed by atoms with Crippen molar-refractivity contribution >= 4 is 6.09 Å². The van der Waals surface area contributed by atoms with Crippen LogP contribution in [0.15, 0.2) is 0 Å². The Morgan fingerprint density at radius 3 is 2.74 bits per heavy atom. The molecule has 5 heteroatoms. The highest BCUT2D eigenvalue weighted by Gasteiger charge is 2.42. The van der Waals surface area contributed by atoms with E-state index in [-0.39, 0.29) is 17.8 Å². The molecule has 5 nitrogen and oxygen atoms in total. The summed E-state index contributed by atoms with van der Waals surface area (Å²) < 4.78 is 11.4. The van der Waals surface area contributed by atoms with Crippen LogP contribution in [-0.2, 0) is 9.47 Å². The summed E-state index contributed by atoms with van der Waals surface area (Å²) in [6, 6.07) is 0.322. The molecule has 1 unspecified atom stereocenters. The largest absolute Gasteiger partial charge is 0.444 e. The van der Waals surface area contributed by atoms with Crippen LogP contribution in [0.2, 0.25) is 0 Å². The van der Waals surface area contributed by atoms with E-state index < -0.39 is 0 Å². The fraction of sp³-hybridized carbons (Fsp3) is 0.929. The lowest BCUT2D eigenvalue weighted by Crippen LogP contribution is -2.42. The van der Waals surface area contributed by atoms with Crippen LogP contribution in [0.4, 0.5) is 4.79 Å². The van der Waals surface area contributed by atoms with Gasteiger partial charge in [0.15, 0.2) is 0 Å². The molecule has 2 N–H and O–H groups in total. The summed E-state index contributed by atoms with van der Waals surface area (Å²) in [6.45, 7) is 2.56. The molecular weight excluding hydrogens is 244 g/mol. The molecule has 19 heavy (non-hydrogen) atoms. The Bertz CT molecular complexity index is 323. The summed E-state index contributed by atoms with van der Waals surface area (Å²) in [6.07, 6.45) is 7.19. The van der Waals surface area contributed by atoms with Crippen molar-refractivity contribution < 1.29 is 14.3 Å². The molecule has 0 aromatic carbocycles. The zero-order valence-electron chi connectivity index (χ0n) is 11.5. The molecule has 2 aliphatic heterocycles. The number of hydrogen-bond donors (Lipinski definition) is 2. The smallest absolute Gasteiger partial charge is 0.407 e. The van der Waals surface area contributed by atoms with Crippen LogP contribution < -0.4 is 10.6 Å². The Morgan fingerprint density at radius 2 is 2.00 bits per heavy atom. The molecular formula is C14H24N2O3. The summed E-state index contributed by atoms with van der Waals surface area (Å²) in [4.78, 5) is 11.8. The second-order valence-electron chi connectivity index (χ2n) is 6.10. The van der Waals surface area contributed by atoms with Crippen LogP contribution in [0, 0.1) is 0 Å². The maximum absolute atomic E-state index is 11.8. The van der Waals surface area contributed by atoms with E-state index in [1.807, 2.05) is 0 Å². The van der Waals surface area contributed by atoms with Crippen molar-refractivity contribution in [1.29, 1.82) is 0 Å². The van der Waals surface area contributed by atoms with Gasteiger partial charge in [-0.25, -0.2) is 4.79 Å². The summed E-state index contributed by atoms with van der Waals surface area (Å²) in [5.74, 6) is 0. The minimum absolute atomic E-state index is 0.0381. The molecule has 1 spiro atoms. The third-order valence-electron chi connectivity index (χ3n) is 4.64. The van der Waals surface area contributed by atoms with Gasteiger partial charge < -0.3 is 20.1 Å². The Morgan fingerprint density at radius 1 is 1.26 bits per heavy atom. The van der Waals surface area contributed by atoms with Crippen LogP contribution >= 0.6 is 0 Å². The van der Waals surface area contributed by atoms with E-state index in [0.29, 0.717) is 12.6 Å². The van der Waals surface area contributed by atoms with Gasteiger partial charge in [-0.15, -0.1) is 0 Å². The summed E-state index contributed by atoms with van der Waals surface area (Å²) in [5, 5.41) is 6.31. The Balaban J connectivity index is 1.44. The monoisotopic (exact) mass is 268 g/mol. The fourth-order valence-electron chi connectivity index (χ4n) is 3.53. The van der Waals surface area contributed by atoms with Gasteiger partial charge in [0.05, 0.1) is 12.2 Å². The van der Waals surface area contributed by atoms with Crippen molar-refractivity contribution in [3.63, 3.8) is 0 Å². The topological polar surface area (TPSA) is 59.6 Å². The predicted octanol–water partition coefficient (Wildman–Crippen LogP) is 1.57. The van der Waals surface area contributed by atoms with Gasteiger partial charge in [-0.1, -0.05) is 12.8 Å². The lowest BCUT2D eigenvalue weighted by Gasteiger charge is -2.32. The first-order chi connectivity index (χ1) is 9.26. The van der Waals surface area contributed by atoms with E-state index in [2.05, 4.69) is 10.6 Å². The van der Waals surface area contributed by atoms with E-state index in [1.165, 1.54) is 12.8 Å². The molecule has 0 radical (unpaired) electrons. The molecule has 108 valence electrons. The van der Waals surface area contributed by atoms with Crippen LogP contribution in [-0.4, -0.2) is 43.5 Å². The molecule has 1 saturated carbocycles. The van der Waals surface area contributed by atoms with Gasteiger partial charge in [-0.3, -0.25) is 0 Å². The molecule has 2 heterocycles. The normalized spacial score (nSPS) is 30.6. The Hall–Kier alpha value is -0.810. The molecule has 2 saturated heterocycles. The molecule has 3 aliphatic rings. The van der Waals surface area contributed by atoms with E-state index in [1.54, 1.807) is 0 Å². The number of ether oxygens (including phenoxy) is 2. The maximum atomic E-state index is 11.8. The van der Waals surface area contributed by atoms with Crippen LogP contribution in [0.25, 0.3) is 0 Å². The van der Waals surface area contributed by atoms with E-state index in [4.69, 9.17) is 9.47 Å². The van der Waals surface area contributed by atoms with E-state index >= 15 is 0 Å². The number of carbonyl (C=O) groups is 1. The van der Waals surface area contributed by atoms with Crippen molar-refractivity contribution in [2.24, 2.45) is 0 Å². The zero-order valence-corrected chi connectivity index (χ0v) is 11.5. The zero-order chi connectivity index (χ0) is 13.1. The van der Waals surface area contributed by atoms with Crippen molar-refractivity contribution in [3.05, 3.63) is 0 Å². The standard InChI is InChI=1S/C14H24N2O3/c17-13(16-11-3-1-2-4-11)19-12-9-14(18-10-12)5-7-15-8-6-14/h11-12,15H,1-10H2,(H,16,17). The minimum atomic E-state index is -0.258. The maximum Gasteiger partial charge on any atom is 0.407 e. The second kappa shape index (κ2) is 5.67. The number of piperidine rings is 1. The van der Waals surface area contributed by atoms with Gasteiger partial charge in [0, 0.05) is 12.5 Å². The van der Waals surface area contributed by atoms with Gasteiger partial charge in [0.2, 0.25) is 0 Å². The summed E-state index contributed by atoms with van der Waals surface area (Å²) >= 11 is 0. The molecule has 1 atom stereocenters. The first-order valence-electron chi connectivity index (χ1n) is 7.58. The van der Waals surface area contributed by atoms with Crippen LogP contribution in [0.5, 0.6) is 0 Å². The van der Waals surface area contributed by atoms with Crippen LogP contribution in [0.3, 0.4) is 0 Å². The Labute approximate surface area is 114 Å². The van der Waals surface area contributed by atoms with Crippen molar-refractivity contribution in [2.75, 3.05) is 19.7 Å². The molecule has 1 amide bonds. The number of carbonyl (C=O) groups excluding carboxylic acids is 1. The van der Waals surface area contributed by atoms with E-state index in [9.17, 15) is 4.79 Å². The number of nitrogens with one attached hydrogen (secondary N) is 2. The average molecular weight is 268 g/mol.